The summed E-state index contributed by atoms with van der Waals surface area (Å²) in [6, 6.07) is 0. The van der Waals surface area contributed by atoms with Crippen molar-refractivity contribution in [3.05, 3.63) is 0 Å². The molecular formula is C12H24N2O2. The van der Waals surface area contributed by atoms with Gasteiger partial charge in [0.2, 0.25) is 0 Å². The fourth-order valence-corrected chi connectivity index (χ4v) is 2.99. The SMILES string of the molecule is COC1CCC(C(O)C2NCCN2C)CC1. The molecule has 1 saturated heterocycles. The van der Waals surface area contributed by atoms with Gasteiger partial charge in [0.05, 0.1) is 18.4 Å². The molecule has 1 aliphatic heterocycles. The van der Waals surface area contributed by atoms with Crippen LogP contribution in [0.2, 0.25) is 0 Å². The monoisotopic (exact) mass is 228 g/mol. The van der Waals surface area contributed by atoms with Gasteiger partial charge in [0.15, 0.2) is 0 Å². The second-order valence-electron chi connectivity index (χ2n) is 5.14. The standard InChI is InChI=1S/C12H24N2O2/c1-14-8-7-13-12(14)11(15)9-3-5-10(16-2)6-4-9/h9-13,15H,3-8H2,1-2H3. The van der Waals surface area contributed by atoms with Gasteiger partial charge in [-0.25, -0.2) is 0 Å². The highest BCUT2D eigenvalue weighted by atomic mass is 16.5. The van der Waals surface area contributed by atoms with Crippen molar-refractivity contribution in [2.45, 2.75) is 44.1 Å². The maximum atomic E-state index is 10.4. The van der Waals surface area contributed by atoms with E-state index in [9.17, 15) is 5.11 Å². The maximum Gasteiger partial charge on any atom is 0.0866 e. The normalized spacial score (nSPS) is 38.8. The largest absolute Gasteiger partial charge is 0.390 e. The summed E-state index contributed by atoms with van der Waals surface area (Å²) in [5, 5.41) is 13.7. The Hall–Kier alpha value is -0.160. The number of nitrogens with one attached hydrogen (secondary N) is 1. The van der Waals surface area contributed by atoms with Crippen molar-refractivity contribution >= 4 is 0 Å². The molecule has 2 N–H and O–H groups in total. The molecule has 0 aromatic heterocycles. The smallest absolute Gasteiger partial charge is 0.0866 e. The molecule has 0 amide bonds. The minimum atomic E-state index is -0.231. The van der Waals surface area contributed by atoms with Crippen LogP contribution in [0.1, 0.15) is 25.7 Å². The summed E-state index contributed by atoms with van der Waals surface area (Å²) < 4.78 is 5.36. The Kier molecular flexibility index (Phi) is 4.19. The Balaban J connectivity index is 1.83. The summed E-state index contributed by atoms with van der Waals surface area (Å²) in [5.41, 5.74) is 0. The van der Waals surface area contributed by atoms with Crippen LogP contribution in [-0.4, -0.2) is 55.6 Å². The molecular weight excluding hydrogens is 204 g/mol. The van der Waals surface area contributed by atoms with Gasteiger partial charge in [0.25, 0.3) is 0 Å². The van der Waals surface area contributed by atoms with Crippen molar-refractivity contribution in [1.82, 2.24) is 10.2 Å². The molecule has 0 spiro atoms. The number of rotatable bonds is 3. The Morgan fingerprint density at radius 1 is 1.31 bits per heavy atom. The molecule has 2 unspecified atom stereocenters. The Morgan fingerprint density at radius 3 is 2.50 bits per heavy atom. The fourth-order valence-electron chi connectivity index (χ4n) is 2.99. The van der Waals surface area contributed by atoms with Gasteiger partial charge in [0.1, 0.15) is 0 Å². The average molecular weight is 228 g/mol. The highest BCUT2D eigenvalue weighted by Gasteiger charge is 2.35. The molecule has 1 saturated carbocycles. The van der Waals surface area contributed by atoms with Crippen molar-refractivity contribution in [1.29, 1.82) is 0 Å². The summed E-state index contributed by atoms with van der Waals surface area (Å²) in [7, 11) is 3.86. The van der Waals surface area contributed by atoms with E-state index in [2.05, 4.69) is 17.3 Å². The van der Waals surface area contributed by atoms with Crippen molar-refractivity contribution in [2.24, 2.45) is 5.92 Å². The van der Waals surface area contributed by atoms with Crippen LogP contribution in [0, 0.1) is 5.92 Å². The molecule has 16 heavy (non-hydrogen) atoms. The van der Waals surface area contributed by atoms with Gasteiger partial charge in [-0.1, -0.05) is 0 Å². The lowest BCUT2D eigenvalue weighted by Gasteiger charge is -2.35. The third kappa shape index (κ3) is 2.56. The number of ether oxygens (including phenoxy) is 1. The van der Waals surface area contributed by atoms with E-state index < -0.39 is 0 Å². The van der Waals surface area contributed by atoms with Crippen LogP contribution in [0.5, 0.6) is 0 Å². The van der Waals surface area contributed by atoms with E-state index in [1.54, 1.807) is 7.11 Å². The first-order valence-electron chi connectivity index (χ1n) is 6.37. The molecule has 1 aliphatic carbocycles. The van der Waals surface area contributed by atoms with Crippen LogP contribution in [0.15, 0.2) is 0 Å². The first kappa shape index (κ1) is 12.3. The fraction of sp³-hybridized carbons (Fsp3) is 1.00. The van der Waals surface area contributed by atoms with Gasteiger partial charge in [0, 0.05) is 20.2 Å². The van der Waals surface area contributed by atoms with E-state index in [0.717, 1.165) is 38.8 Å². The molecule has 2 fully saturated rings. The number of likely N-dealkylation sites (N-methyl/N-ethyl adjacent to an activating group) is 1. The molecule has 2 atom stereocenters. The van der Waals surface area contributed by atoms with Gasteiger partial charge in [-0.2, -0.15) is 0 Å². The minimum absolute atomic E-state index is 0.157. The van der Waals surface area contributed by atoms with E-state index in [-0.39, 0.29) is 12.3 Å². The summed E-state index contributed by atoms with van der Waals surface area (Å²) in [6.45, 7) is 2.03. The highest BCUT2D eigenvalue weighted by Crippen LogP contribution is 2.30. The van der Waals surface area contributed by atoms with E-state index in [1.807, 2.05) is 0 Å². The lowest BCUT2D eigenvalue weighted by atomic mass is 9.82. The van der Waals surface area contributed by atoms with Crippen molar-refractivity contribution < 1.29 is 9.84 Å². The third-order valence-corrected chi connectivity index (χ3v) is 4.15. The predicted octanol–water partition coefficient (Wildman–Crippen LogP) is 0.414. The summed E-state index contributed by atoms with van der Waals surface area (Å²) in [5.74, 6) is 0.435. The molecule has 0 bridgehead atoms. The average Bonchev–Trinajstić information content (AvgIpc) is 2.75. The Morgan fingerprint density at radius 2 is 2.00 bits per heavy atom. The number of hydrogen-bond donors (Lipinski definition) is 2. The Bertz CT molecular complexity index is 217. The number of nitrogens with zero attached hydrogens (tertiary/aromatic N) is 1. The molecule has 0 aromatic rings. The summed E-state index contributed by atoms with van der Waals surface area (Å²) in [4.78, 5) is 2.22. The number of hydrogen-bond acceptors (Lipinski definition) is 4. The zero-order chi connectivity index (χ0) is 11.5. The second-order valence-corrected chi connectivity index (χ2v) is 5.14. The van der Waals surface area contributed by atoms with Gasteiger partial charge in [-0.15, -0.1) is 0 Å². The van der Waals surface area contributed by atoms with Crippen LogP contribution >= 0.6 is 0 Å². The van der Waals surface area contributed by atoms with Crippen LogP contribution in [-0.2, 0) is 4.74 Å². The highest BCUT2D eigenvalue weighted by molar-refractivity contribution is 4.88. The number of aliphatic hydroxyl groups excluding tert-OH is 1. The quantitative estimate of drug-likeness (QED) is 0.734. The van der Waals surface area contributed by atoms with E-state index in [4.69, 9.17) is 4.74 Å². The van der Waals surface area contributed by atoms with E-state index in [0.29, 0.717) is 12.0 Å². The first-order chi connectivity index (χ1) is 7.72. The molecule has 0 radical (unpaired) electrons. The molecule has 4 heteroatoms. The topological polar surface area (TPSA) is 44.7 Å². The van der Waals surface area contributed by atoms with Gasteiger partial charge in [-0.3, -0.25) is 10.2 Å². The van der Waals surface area contributed by atoms with Crippen LogP contribution in [0.4, 0.5) is 0 Å². The zero-order valence-corrected chi connectivity index (χ0v) is 10.4. The maximum absolute atomic E-state index is 10.4. The predicted molar refractivity (Wildman–Crippen MR) is 63.2 cm³/mol. The second kappa shape index (κ2) is 5.45. The lowest BCUT2D eigenvalue weighted by Crippen LogP contribution is -2.48. The van der Waals surface area contributed by atoms with Crippen molar-refractivity contribution in [3.63, 3.8) is 0 Å². The Labute approximate surface area is 98.0 Å². The minimum Gasteiger partial charge on any atom is -0.390 e. The number of methoxy groups -OCH3 is 1. The van der Waals surface area contributed by atoms with E-state index >= 15 is 0 Å². The molecule has 0 aromatic carbocycles. The van der Waals surface area contributed by atoms with Crippen LogP contribution in [0.3, 0.4) is 0 Å². The molecule has 2 rings (SSSR count). The summed E-state index contributed by atoms with van der Waals surface area (Å²) >= 11 is 0. The molecule has 2 aliphatic rings. The van der Waals surface area contributed by atoms with Gasteiger partial charge in [-0.05, 0) is 38.6 Å². The first-order valence-corrected chi connectivity index (χ1v) is 6.37. The van der Waals surface area contributed by atoms with Crippen LogP contribution < -0.4 is 5.32 Å². The summed E-state index contributed by atoms with van der Waals surface area (Å²) in [6.07, 6.45) is 4.70. The lowest BCUT2D eigenvalue weighted by molar-refractivity contribution is -0.0140. The zero-order valence-electron chi connectivity index (χ0n) is 10.4. The van der Waals surface area contributed by atoms with E-state index in [1.165, 1.54) is 0 Å². The van der Waals surface area contributed by atoms with Gasteiger partial charge >= 0.3 is 0 Å². The molecule has 1 heterocycles. The van der Waals surface area contributed by atoms with Gasteiger partial charge < -0.3 is 9.84 Å². The number of aliphatic hydroxyl groups is 1. The van der Waals surface area contributed by atoms with Crippen LogP contribution in [0.25, 0.3) is 0 Å². The molecule has 94 valence electrons. The molecule has 4 nitrogen and oxygen atoms in total. The third-order valence-electron chi connectivity index (χ3n) is 4.15. The van der Waals surface area contributed by atoms with Crippen molar-refractivity contribution in [2.75, 3.05) is 27.2 Å². The van der Waals surface area contributed by atoms with Crippen molar-refractivity contribution in [3.8, 4) is 0 Å².